The fourth-order valence-corrected chi connectivity index (χ4v) is 2.83. The van der Waals surface area contributed by atoms with Crippen LogP contribution in [0, 0.1) is 6.92 Å². The summed E-state index contributed by atoms with van der Waals surface area (Å²) in [5.74, 6) is -0.159. The van der Waals surface area contributed by atoms with Crippen LogP contribution in [-0.2, 0) is 0 Å². The van der Waals surface area contributed by atoms with Crippen molar-refractivity contribution < 1.29 is 4.79 Å². The first kappa shape index (κ1) is 12.4. The second kappa shape index (κ2) is 5.04. The van der Waals surface area contributed by atoms with E-state index in [-0.39, 0.29) is 22.9 Å². The van der Waals surface area contributed by atoms with Gasteiger partial charge in [0.25, 0.3) is 5.91 Å². The Labute approximate surface area is 108 Å². The SMILES string of the molecule is Cc1cc(=O)c(C(=O)N2CCCC2CBr)c[nH]1. The number of amides is 1. The highest BCUT2D eigenvalue weighted by molar-refractivity contribution is 9.09. The van der Waals surface area contributed by atoms with Gasteiger partial charge in [-0.25, -0.2) is 0 Å². The van der Waals surface area contributed by atoms with E-state index in [9.17, 15) is 9.59 Å². The van der Waals surface area contributed by atoms with Crippen LogP contribution in [-0.4, -0.2) is 33.7 Å². The molecule has 1 aliphatic heterocycles. The molecule has 0 radical (unpaired) electrons. The van der Waals surface area contributed by atoms with Crippen molar-refractivity contribution in [3.8, 4) is 0 Å². The number of aryl methyl sites for hydroxylation is 1. The van der Waals surface area contributed by atoms with Gasteiger partial charge in [0.05, 0.1) is 0 Å². The predicted molar refractivity (Wildman–Crippen MR) is 69.7 cm³/mol. The lowest BCUT2D eigenvalue weighted by Crippen LogP contribution is -2.38. The van der Waals surface area contributed by atoms with Gasteiger partial charge in [-0.15, -0.1) is 0 Å². The van der Waals surface area contributed by atoms with Crippen molar-refractivity contribution in [3.05, 3.63) is 33.7 Å². The Kier molecular flexibility index (Phi) is 3.66. The molecule has 0 saturated carbocycles. The van der Waals surface area contributed by atoms with E-state index in [4.69, 9.17) is 0 Å². The highest BCUT2D eigenvalue weighted by Gasteiger charge is 2.29. The van der Waals surface area contributed by atoms with Crippen molar-refractivity contribution >= 4 is 21.8 Å². The Morgan fingerprint density at radius 1 is 1.65 bits per heavy atom. The summed E-state index contributed by atoms with van der Waals surface area (Å²) < 4.78 is 0. The number of aromatic amines is 1. The van der Waals surface area contributed by atoms with Gasteiger partial charge in [0.2, 0.25) is 0 Å². The van der Waals surface area contributed by atoms with E-state index in [1.54, 1.807) is 11.8 Å². The number of carbonyl (C=O) groups excluding carboxylic acids is 1. The average Bonchev–Trinajstić information content (AvgIpc) is 2.76. The molecule has 1 unspecified atom stereocenters. The molecule has 1 atom stereocenters. The summed E-state index contributed by atoms with van der Waals surface area (Å²) in [5.41, 5.74) is 0.805. The second-order valence-electron chi connectivity index (χ2n) is 4.34. The van der Waals surface area contributed by atoms with Gasteiger partial charge < -0.3 is 9.88 Å². The van der Waals surface area contributed by atoms with E-state index in [1.807, 2.05) is 0 Å². The van der Waals surface area contributed by atoms with Gasteiger partial charge in [-0.3, -0.25) is 9.59 Å². The van der Waals surface area contributed by atoms with Crippen LogP contribution in [0.25, 0.3) is 0 Å². The van der Waals surface area contributed by atoms with E-state index in [1.165, 1.54) is 12.3 Å². The topological polar surface area (TPSA) is 53.2 Å². The molecule has 1 N–H and O–H groups in total. The number of halogens is 1. The van der Waals surface area contributed by atoms with Crippen molar-refractivity contribution in [2.45, 2.75) is 25.8 Å². The molecule has 0 spiro atoms. The Bertz CT molecular complexity index is 484. The number of aromatic nitrogens is 1. The van der Waals surface area contributed by atoms with Gasteiger partial charge in [0, 0.05) is 35.9 Å². The summed E-state index contributed by atoms with van der Waals surface area (Å²) in [6.45, 7) is 2.54. The number of rotatable bonds is 2. The normalized spacial score (nSPS) is 19.6. The molecule has 0 aliphatic carbocycles. The molecule has 2 rings (SSSR count). The summed E-state index contributed by atoms with van der Waals surface area (Å²) in [5, 5.41) is 0.766. The first-order valence-electron chi connectivity index (χ1n) is 5.69. The van der Waals surface area contributed by atoms with Crippen LogP contribution < -0.4 is 5.43 Å². The van der Waals surface area contributed by atoms with Crippen LogP contribution in [0.15, 0.2) is 17.1 Å². The number of likely N-dealkylation sites (tertiary alicyclic amines) is 1. The van der Waals surface area contributed by atoms with E-state index in [2.05, 4.69) is 20.9 Å². The Morgan fingerprint density at radius 2 is 2.41 bits per heavy atom. The third-order valence-corrected chi connectivity index (χ3v) is 3.85. The highest BCUT2D eigenvalue weighted by Crippen LogP contribution is 2.20. The lowest BCUT2D eigenvalue weighted by Gasteiger charge is -2.22. The molecule has 1 fully saturated rings. The minimum Gasteiger partial charge on any atom is -0.364 e. The first-order chi connectivity index (χ1) is 8.13. The van der Waals surface area contributed by atoms with Crippen LogP contribution in [0.5, 0.6) is 0 Å². The second-order valence-corrected chi connectivity index (χ2v) is 4.99. The van der Waals surface area contributed by atoms with Gasteiger partial charge in [0.15, 0.2) is 5.43 Å². The highest BCUT2D eigenvalue weighted by atomic mass is 79.9. The standard InChI is InChI=1S/C12H15BrN2O2/c1-8-5-11(16)10(7-14-8)12(17)15-4-2-3-9(15)6-13/h5,7,9H,2-4,6H2,1H3,(H,14,16). The number of nitrogens with zero attached hydrogens (tertiary/aromatic N) is 1. The maximum atomic E-state index is 12.2. The van der Waals surface area contributed by atoms with Gasteiger partial charge >= 0.3 is 0 Å². The smallest absolute Gasteiger partial charge is 0.259 e. The summed E-state index contributed by atoms with van der Waals surface area (Å²) in [6.07, 6.45) is 3.52. The number of nitrogens with one attached hydrogen (secondary N) is 1. The minimum absolute atomic E-state index is 0.159. The number of alkyl halides is 1. The zero-order chi connectivity index (χ0) is 12.4. The Morgan fingerprint density at radius 3 is 3.06 bits per heavy atom. The monoisotopic (exact) mass is 298 g/mol. The fourth-order valence-electron chi connectivity index (χ4n) is 2.16. The predicted octanol–water partition coefficient (Wildman–Crippen LogP) is 1.68. The third-order valence-electron chi connectivity index (χ3n) is 3.10. The summed E-state index contributed by atoms with van der Waals surface area (Å²) >= 11 is 3.41. The molecule has 0 bridgehead atoms. The fraction of sp³-hybridized carbons (Fsp3) is 0.500. The molecule has 5 heteroatoms. The van der Waals surface area contributed by atoms with Crippen LogP contribution in [0.2, 0.25) is 0 Å². The number of carbonyl (C=O) groups is 1. The minimum atomic E-state index is -0.202. The molecule has 1 amide bonds. The lowest BCUT2D eigenvalue weighted by atomic mass is 10.2. The maximum Gasteiger partial charge on any atom is 0.259 e. The van der Waals surface area contributed by atoms with Gasteiger partial charge in [-0.2, -0.15) is 0 Å². The van der Waals surface area contributed by atoms with Crippen molar-refractivity contribution in [1.29, 1.82) is 0 Å². The number of hydrogen-bond donors (Lipinski definition) is 1. The Hall–Kier alpha value is -1.10. The van der Waals surface area contributed by atoms with Gasteiger partial charge in [0.1, 0.15) is 5.56 Å². The molecule has 92 valence electrons. The lowest BCUT2D eigenvalue weighted by molar-refractivity contribution is 0.0749. The molecule has 1 saturated heterocycles. The summed E-state index contributed by atoms with van der Waals surface area (Å²) in [7, 11) is 0. The molecule has 17 heavy (non-hydrogen) atoms. The molecule has 1 aliphatic rings. The zero-order valence-corrected chi connectivity index (χ0v) is 11.3. The van der Waals surface area contributed by atoms with E-state index in [0.717, 1.165) is 30.4 Å². The molecular formula is C12H15BrN2O2. The number of pyridine rings is 1. The average molecular weight is 299 g/mol. The van der Waals surface area contributed by atoms with Crippen molar-refractivity contribution in [3.63, 3.8) is 0 Å². The summed E-state index contributed by atoms with van der Waals surface area (Å²) in [6, 6.07) is 1.68. The van der Waals surface area contributed by atoms with Crippen LogP contribution in [0.1, 0.15) is 28.9 Å². The Balaban J connectivity index is 2.28. The third kappa shape index (κ3) is 2.44. The van der Waals surface area contributed by atoms with Crippen LogP contribution in [0.3, 0.4) is 0 Å². The van der Waals surface area contributed by atoms with E-state index >= 15 is 0 Å². The number of H-pyrrole nitrogens is 1. The van der Waals surface area contributed by atoms with Crippen molar-refractivity contribution in [1.82, 2.24) is 9.88 Å². The van der Waals surface area contributed by atoms with Crippen molar-refractivity contribution in [2.24, 2.45) is 0 Å². The van der Waals surface area contributed by atoms with E-state index in [0.29, 0.717) is 0 Å². The quantitative estimate of drug-likeness (QED) is 0.845. The van der Waals surface area contributed by atoms with Gasteiger partial charge in [-0.1, -0.05) is 15.9 Å². The molecular weight excluding hydrogens is 284 g/mol. The largest absolute Gasteiger partial charge is 0.364 e. The molecule has 2 heterocycles. The zero-order valence-electron chi connectivity index (χ0n) is 9.70. The molecule has 4 nitrogen and oxygen atoms in total. The molecule has 1 aromatic heterocycles. The van der Waals surface area contributed by atoms with E-state index < -0.39 is 0 Å². The first-order valence-corrected chi connectivity index (χ1v) is 6.82. The molecule has 0 aromatic carbocycles. The molecule has 1 aromatic rings. The maximum absolute atomic E-state index is 12.2. The van der Waals surface area contributed by atoms with Crippen LogP contribution in [0.4, 0.5) is 0 Å². The number of hydrogen-bond acceptors (Lipinski definition) is 2. The van der Waals surface area contributed by atoms with Gasteiger partial charge in [-0.05, 0) is 19.8 Å². The summed E-state index contributed by atoms with van der Waals surface area (Å²) in [4.78, 5) is 28.7. The van der Waals surface area contributed by atoms with Crippen LogP contribution >= 0.6 is 15.9 Å². The van der Waals surface area contributed by atoms with Crippen molar-refractivity contribution in [2.75, 3.05) is 11.9 Å².